The molecular weight excluding hydrogens is 317 g/mol. The van der Waals surface area contributed by atoms with E-state index in [4.69, 9.17) is 4.74 Å². The summed E-state index contributed by atoms with van der Waals surface area (Å²) in [6.07, 6.45) is -0.893. The highest BCUT2D eigenvalue weighted by Crippen LogP contribution is 2.33. The molecule has 1 heterocycles. The zero-order chi connectivity index (χ0) is 17.1. The van der Waals surface area contributed by atoms with Gasteiger partial charge in [0.25, 0.3) is 5.91 Å². The summed E-state index contributed by atoms with van der Waals surface area (Å²) in [5.41, 5.74) is 0.544. The van der Waals surface area contributed by atoms with Crippen LogP contribution in [0.4, 0.5) is 4.39 Å². The second-order valence-corrected chi connectivity index (χ2v) is 6.91. The fraction of sp³-hybridized carbons (Fsp3) is 0.412. The van der Waals surface area contributed by atoms with Crippen LogP contribution in [0.1, 0.15) is 36.0 Å². The second-order valence-electron chi connectivity index (χ2n) is 5.86. The first-order valence-corrected chi connectivity index (χ1v) is 8.29. The lowest BCUT2D eigenvalue weighted by Crippen LogP contribution is -2.37. The van der Waals surface area contributed by atoms with Crippen molar-refractivity contribution in [3.8, 4) is 0 Å². The summed E-state index contributed by atoms with van der Waals surface area (Å²) in [4.78, 5) is 24.5. The number of hydrogen-bond acceptors (Lipinski definition) is 4. The Kier molecular flexibility index (Phi) is 5.36. The summed E-state index contributed by atoms with van der Waals surface area (Å²) in [5, 5.41) is 3.15. The first-order valence-electron chi connectivity index (χ1n) is 7.47. The van der Waals surface area contributed by atoms with Gasteiger partial charge in [-0.25, -0.2) is 9.18 Å². The van der Waals surface area contributed by atoms with E-state index in [1.807, 2.05) is 13.8 Å². The van der Waals surface area contributed by atoms with E-state index < -0.39 is 12.1 Å². The fourth-order valence-electron chi connectivity index (χ4n) is 2.16. The van der Waals surface area contributed by atoms with E-state index >= 15 is 0 Å². The fourth-order valence-corrected chi connectivity index (χ4v) is 3.27. The van der Waals surface area contributed by atoms with Crippen LogP contribution in [0, 0.1) is 18.7 Å². The standard InChI is InChI=1S/C17H20FNO3S/c1-9(2)8-19-16(20)11(4)22-17(21)15-10(3)14-12(18)6-5-7-13(14)23-15/h5-7,9,11H,8H2,1-4H3,(H,19,20)/t11-/m0/s1. The van der Waals surface area contributed by atoms with Crippen molar-refractivity contribution in [3.05, 3.63) is 34.5 Å². The minimum Gasteiger partial charge on any atom is -0.448 e. The molecule has 0 saturated heterocycles. The van der Waals surface area contributed by atoms with Crippen LogP contribution in [0.3, 0.4) is 0 Å². The molecule has 1 atom stereocenters. The van der Waals surface area contributed by atoms with Crippen molar-refractivity contribution in [2.75, 3.05) is 6.54 Å². The molecule has 124 valence electrons. The van der Waals surface area contributed by atoms with Gasteiger partial charge in [-0.3, -0.25) is 4.79 Å². The number of hydrogen-bond donors (Lipinski definition) is 1. The summed E-state index contributed by atoms with van der Waals surface area (Å²) in [7, 11) is 0. The second kappa shape index (κ2) is 7.08. The molecular formula is C17H20FNO3S. The molecule has 1 aromatic carbocycles. The van der Waals surface area contributed by atoms with Gasteiger partial charge >= 0.3 is 5.97 Å². The van der Waals surface area contributed by atoms with E-state index in [-0.39, 0.29) is 11.7 Å². The average Bonchev–Trinajstić information content (AvgIpc) is 2.83. The number of halogens is 1. The molecule has 0 aliphatic heterocycles. The Bertz CT molecular complexity index is 739. The Morgan fingerprint density at radius 2 is 2.00 bits per heavy atom. The van der Waals surface area contributed by atoms with Gasteiger partial charge in [0.1, 0.15) is 10.7 Å². The lowest BCUT2D eigenvalue weighted by molar-refractivity contribution is -0.129. The maximum Gasteiger partial charge on any atom is 0.349 e. The summed E-state index contributed by atoms with van der Waals surface area (Å²) < 4.78 is 19.8. The van der Waals surface area contributed by atoms with Crippen LogP contribution in [-0.4, -0.2) is 24.5 Å². The van der Waals surface area contributed by atoms with E-state index in [0.717, 1.165) is 0 Å². The molecule has 23 heavy (non-hydrogen) atoms. The minimum absolute atomic E-state index is 0.315. The smallest absolute Gasteiger partial charge is 0.349 e. The van der Waals surface area contributed by atoms with Gasteiger partial charge in [-0.1, -0.05) is 19.9 Å². The van der Waals surface area contributed by atoms with Gasteiger partial charge in [-0.05, 0) is 37.5 Å². The largest absolute Gasteiger partial charge is 0.448 e. The van der Waals surface area contributed by atoms with Crippen LogP contribution in [0.5, 0.6) is 0 Å². The van der Waals surface area contributed by atoms with Gasteiger partial charge < -0.3 is 10.1 Å². The number of esters is 1. The molecule has 2 aromatic rings. The van der Waals surface area contributed by atoms with Crippen molar-refractivity contribution < 1.29 is 18.7 Å². The minimum atomic E-state index is -0.893. The Balaban J connectivity index is 2.13. The number of amides is 1. The molecule has 1 amide bonds. The van der Waals surface area contributed by atoms with E-state index in [0.29, 0.717) is 33.0 Å². The lowest BCUT2D eigenvalue weighted by Gasteiger charge is -2.14. The topological polar surface area (TPSA) is 55.4 Å². The molecule has 0 fully saturated rings. The van der Waals surface area contributed by atoms with Crippen molar-refractivity contribution in [1.29, 1.82) is 0 Å². The molecule has 6 heteroatoms. The van der Waals surface area contributed by atoms with Gasteiger partial charge in [-0.2, -0.15) is 0 Å². The normalized spacial score (nSPS) is 12.4. The molecule has 0 aliphatic rings. The number of aryl methyl sites for hydroxylation is 1. The number of carbonyl (C=O) groups excluding carboxylic acids is 2. The summed E-state index contributed by atoms with van der Waals surface area (Å²) in [6.45, 7) is 7.69. The van der Waals surface area contributed by atoms with Crippen molar-refractivity contribution in [3.63, 3.8) is 0 Å². The third-order valence-corrected chi connectivity index (χ3v) is 4.66. The van der Waals surface area contributed by atoms with Crippen molar-refractivity contribution in [2.24, 2.45) is 5.92 Å². The molecule has 0 unspecified atom stereocenters. The maximum atomic E-state index is 13.9. The van der Waals surface area contributed by atoms with Crippen molar-refractivity contribution in [1.82, 2.24) is 5.32 Å². The average molecular weight is 337 g/mol. The third kappa shape index (κ3) is 3.88. The van der Waals surface area contributed by atoms with Gasteiger partial charge in [0, 0.05) is 16.6 Å². The number of rotatable bonds is 5. The number of fused-ring (bicyclic) bond motifs is 1. The highest BCUT2D eigenvalue weighted by Gasteiger charge is 2.23. The van der Waals surface area contributed by atoms with Crippen LogP contribution in [0.15, 0.2) is 18.2 Å². The molecule has 0 saturated carbocycles. The van der Waals surface area contributed by atoms with Gasteiger partial charge in [0.2, 0.25) is 0 Å². The van der Waals surface area contributed by atoms with E-state index in [9.17, 15) is 14.0 Å². The Labute approximate surface area is 138 Å². The molecule has 2 rings (SSSR count). The molecule has 0 bridgehead atoms. The lowest BCUT2D eigenvalue weighted by atomic mass is 10.1. The Morgan fingerprint density at radius 1 is 1.30 bits per heavy atom. The van der Waals surface area contributed by atoms with Gasteiger partial charge in [-0.15, -0.1) is 11.3 Å². The number of ether oxygens (including phenoxy) is 1. The van der Waals surface area contributed by atoms with E-state index in [1.54, 1.807) is 19.1 Å². The zero-order valence-corrected chi connectivity index (χ0v) is 14.4. The van der Waals surface area contributed by atoms with Crippen molar-refractivity contribution in [2.45, 2.75) is 33.8 Å². The number of benzene rings is 1. The van der Waals surface area contributed by atoms with Crippen molar-refractivity contribution >= 4 is 33.3 Å². The van der Waals surface area contributed by atoms with Crippen LogP contribution in [0.25, 0.3) is 10.1 Å². The Morgan fingerprint density at radius 3 is 2.61 bits per heavy atom. The van der Waals surface area contributed by atoms with Gasteiger partial charge in [0.15, 0.2) is 6.10 Å². The highest BCUT2D eigenvalue weighted by atomic mass is 32.1. The number of thiophene rings is 1. The third-order valence-electron chi connectivity index (χ3n) is 3.43. The van der Waals surface area contributed by atoms with Crippen LogP contribution in [-0.2, 0) is 9.53 Å². The van der Waals surface area contributed by atoms with E-state index in [2.05, 4.69) is 5.32 Å². The molecule has 0 aliphatic carbocycles. The summed E-state index contributed by atoms with van der Waals surface area (Å²) >= 11 is 1.17. The SMILES string of the molecule is Cc1c(C(=O)O[C@@H](C)C(=O)NCC(C)C)sc2cccc(F)c12. The summed E-state index contributed by atoms with van der Waals surface area (Å²) in [6, 6.07) is 4.72. The molecule has 1 aromatic heterocycles. The monoisotopic (exact) mass is 337 g/mol. The zero-order valence-electron chi connectivity index (χ0n) is 13.6. The van der Waals surface area contributed by atoms with Gasteiger partial charge in [0.05, 0.1) is 0 Å². The first-order chi connectivity index (χ1) is 10.8. The maximum absolute atomic E-state index is 13.9. The van der Waals surface area contributed by atoms with Crippen LogP contribution < -0.4 is 5.32 Å². The quantitative estimate of drug-likeness (QED) is 0.847. The van der Waals surface area contributed by atoms with Crippen LogP contribution in [0.2, 0.25) is 0 Å². The molecule has 1 N–H and O–H groups in total. The molecule has 0 spiro atoms. The van der Waals surface area contributed by atoms with Crippen LogP contribution >= 0.6 is 11.3 Å². The highest BCUT2D eigenvalue weighted by molar-refractivity contribution is 7.21. The number of carbonyl (C=O) groups is 2. The molecule has 4 nitrogen and oxygen atoms in total. The Hall–Kier alpha value is -1.95. The predicted molar refractivity (Wildman–Crippen MR) is 89.2 cm³/mol. The summed E-state index contributed by atoms with van der Waals surface area (Å²) in [5.74, 6) is -0.986. The molecule has 0 radical (unpaired) electrons. The number of nitrogens with one attached hydrogen (secondary N) is 1. The first kappa shape index (κ1) is 17.4. The predicted octanol–water partition coefficient (Wildman–Crippen LogP) is 3.67. The van der Waals surface area contributed by atoms with E-state index in [1.165, 1.54) is 24.3 Å².